The predicted molar refractivity (Wildman–Crippen MR) is 87.0 cm³/mol. The fraction of sp³-hybridized carbons (Fsp3) is 0.700. The molecule has 0 amide bonds. The molecule has 4 atom stereocenters. The van der Waals surface area contributed by atoms with Gasteiger partial charge in [0.25, 0.3) is 0 Å². The molecule has 0 aliphatic heterocycles. The van der Waals surface area contributed by atoms with Crippen LogP contribution in [0.1, 0.15) is 75.8 Å². The Labute approximate surface area is 129 Å². The maximum absolute atomic E-state index is 14.3. The van der Waals surface area contributed by atoms with Gasteiger partial charge in [0.1, 0.15) is 5.82 Å². The third-order valence-corrected chi connectivity index (χ3v) is 6.13. The van der Waals surface area contributed by atoms with Crippen molar-refractivity contribution < 1.29 is 4.39 Å². The lowest BCUT2D eigenvalue weighted by atomic mass is 9.67. The zero-order valence-corrected chi connectivity index (χ0v) is 13.6. The minimum absolute atomic E-state index is 0.0395. The van der Waals surface area contributed by atoms with Gasteiger partial charge < -0.3 is 0 Å². The molecule has 1 heteroatoms. The monoisotopic (exact) mass is 288 g/mol. The second-order valence-electron chi connectivity index (χ2n) is 7.56. The molecule has 1 fully saturated rings. The van der Waals surface area contributed by atoms with E-state index in [1.807, 2.05) is 6.07 Å². The SMILES string of the molecule is CC1CCCCC2Cc3c(F)cccc3C(CCC1)C2C. The van der Waals surface area contributed by atoms with Gasteiger partial charge in [-0.05, 0) is 60.1 Å². The molecule has 0 spiro atoms. The maximum Gasteiger partial charge on any atom is 0.126 e. The van der Waals surface area contributed by atoms with E-state index < -0.39 is 0 Å². The molecule has 4 unspecified atom stereocenters. The lowest BCUT2D eigenvalue weighted by Crippen LogP contribution is -2.28. The highest BCUT2D eigenvalue weighted by Gasteiger charge is 2.34. The summed E-state index contributed by atoms with van der Waals surface area (Å²) >= 11 is 0. The summed E-state index contributed by atoms with van der Waals surface area (Å²) in [6.07, 6.45) is 10.2. The summed E-state index contributed by atoms with van der Waals surface area (Å²) in [5, 5.41) is 0. The smallest absolute Gasteiger partial charge is 0.126 e. The van der Waals surface area contributed by atoms with Gasteiger partial charge in [-0.25, -0.2) is 4.39 Å². The van der Waals surface area contributed by atoms with Crippen LogP contribution in [0.15, 0.2) is 18.2 Å². The summed E-state index contributed by atoms with van der Waals surface area (Å²) in [5.41, 5.74) is 2.36. The molecule has 1 saturated carbocycles. The van der Waals surface area contributed by atoms with Gasteiger partial charge in [-0.2, -0.15) is 0 Å². The first kappa shape index (κ1) is 15.1. The lowest BCUT2D eigenvalue weighted by Gasteiger charge is -2.38. The van der Waals surface area contributed by atoms with Gasteiger partial charge in [0.2, 0.25) is 0 Å². The zero-order valence-electron chi connectivity index (χ0n) is 13.6. The first-order valence-corrected chi connectivity index (χ1v) is 8.94. The van der Waals surface area contributed by atoms with Crippen molar-refractivity contribution in [1.82, 2.24) is 0 Å². The van der Waals surface area contributed by atoms with Crippen LogP contribution in [0.5, 0.6) is 0 Å². The van der Waals surface area contributed by atoms with Gasteiger partial charge in [-0.3, -0.25) is 0 Å². The zero-order chi connectivity index (χ0) is 14.8. The summed E-state index contributed by atoms with van der Waals surface area (Å²) in [6, 6.07) is 5.76. The van der Waals surface area contributed by atoms with Gasteiger partial charge in [-0.15, -0.1) is 0 Å². The van der Waals surface area contributed by atoms with Crippen molar-refractivity contribution in [1.29, 1.82) is 0 Å². The van der Waals surface area contributed by atoms with E-state index in [1.165, 1.54) is 50.5 Å². The Morgan fingerprint density at radius 3 is 2.57 bits per heavy atom. The van der Waals surface area contributed by atoms with Crippen LogP contribution in [0.3, 0.4) is 0 Å². The Balaban J connectivity index is 1.90. The van der Waals surface area contributed by atoms with Crippen molar-refractivity contribution in [3.8, 4) is 0 Å². The van der Waals surface area contributed by atoms with E-state index in [2.05, 4.69) is 19.9 Å². The van der Waals surface area contributed by atoms with Crippen molar-refractivity contribution in [2.24, 2.45) is 17.8 Å². The van der Waals surface area contributed by atoms with Crippen LogP contribution in [0.4, 0.5) is 4.39 Å². The second-order valence-corrected chi connectivity index (χ2v) is 7.56. The molecule has 2 aliphatic rings. The van der Waals surface area contributed by atoms with E-state index in [0.29, 0.717) is 17.8 Å². The molecule has 3 rings (SSSR count). The summed E-state index contributed by atoms with van der Waals surface area (Å²) in [5.74, 6) is 2.89. The first-order chi connectivity index (χ1) is 10.2. The average Bonchev–Trinajstić information content (AvgIpc) is 2.48. The van der Waals surface area contributed by atoms with Gasteiger partial charge >= 0.3 is 0 Å². The van der Waals surface area contributed by atoms with Crippen LogP contribution in [0, 0.1) is 23.6 Å². The van der Waals surface area contributed by atoms with E-state index in [0.717, 1.165) is 17.9 Å². The third-order valence-electron chi connectivity index (χ3n) is 6.13. The largest absolute Gasteiger partial charge is 0.207 e. The van der Waals surface area contributed by atoms with Crippen molar-refractivity contribution in [2.45, 2.75) is 71.1 Å². The predicted octanol–water partition coefficient (Wildman–Crippen LogP) is 6.10. The van der Waals surface area contributed by atoms with Crippen LogP contribution < -0.4 is 0 Å². The Bertz CT molecular complexity index is 479. The topological polar surface area (TPSA) is 0 Å². The maximum atomic E-state index is 14.3. The number of benzene rings is 1. The van der Waals surface area contributed by atoms with E-state index in [4.69, 9.17) is 0 Å². The quantitative estimate of drug-likeness (QED) is 0.541. The Kier molecular flexibility index (Phi) is 4.66. The van der Waals surface area contributed by atoms with Gasteiger partial charge in [0, 0.05) is 0 Å². The summed E-state index contributed by atoms with van der Waals surface area (Å²) in [6.45, 7) is 4.82. The van der Waals surface area contributed by atoms with E-state index in [-0.39, 0.29) is 5.82 Å². The summed E-state index contributed by atoms with van der Waals surface area (Å²) in [4.78, 5) is 0. The molecular formula is C20H29F. The highest BCUT2D eigenvalue weighted by molar-refractivity contribution is 5.35. The van der Waals surface area contributed by atoms with Crippen LogP contribution in [-0.4, -0.2) is 0 Å². The molecule has 2 aliphatic carbocycles. The number of halogens is 1. The van der Waals surface area contributed by atoms with Gasteiger partial charge in [-0.1, -0.05) is 58.1 Å². The standard InChI is InChI=1S/C20H29F/c1-14-7-3-4-9-16-13-19-18(11-6-12-20(19)21)17(15(16)2)10-5-8-14/h6,11-12,14-17H,3-5,7-10,13H2,1-2H3. The van der Waals surface area contributed by atoms with Gasteiger partial charge in [0.05, 0.1) is 0 Å². The van der Waals surface area contributed by atoms with Crippen LogP contribution in [0.2, 0.25) is 0 Å². The number of hydrogen-bond acceptors (Lipinski definition) is 0. The van der Waals surface area contributed by atoms with Crippen molar-refractivity contribution >= 4 is 0 Å². The first-order valence-electron chi connectivity index (χ1n) is 8.94. The lowest BCUT2D eigenvalue weighted by molar-refractivity contribution is 0.245. The van der Waals surface area contributed by atoms with Crippen molar-refractivity contribution in [2.75, 3.05) is 0 Å². The van der Waals surface area contributed by atoms with Gasteiger partial charge in [0.15, 0.2) is 0 Å². The number of rotatable bonds is 0. The highest BCUT2D eigenvalue weighted by atomic mass is 19.1. The van der Waals surface area contributed by atoms with E-state index in [9.17, 15) is 4.39 Å². The van der Waals surface area contributed by atoms with Crippen LogP contribution in [0.25, 0.3) is 0 Å². The molecule has 1 aromatic carbocycles. The molecule has 116 valence electrons. The molecule has 0 heterocycles. The Morgan fingerprint density at radius 2 is 1.71 bits per heavy atom. The minimum atomic E-state index is 0.0395. The fourth-order valence-corrected chi connectivity index (χ4v) is 4.71. The molecule has 0 radical (unpaired) electrons. The third kappa shape index (κ3) is 3.17. The molecule has 0 nitrogen and oxygen atoms in total. The van der Waals surface area contributed by atoms with E-state index in [1.54, 1.807) is 6.07 Å². The normalized spacial score (nSPS) is 33.9. The molecule has 21 heavy (non-hydrogen) atoms. The number of fused-ring (bicyclic) bond motifs is 4. The Morgan fingerprint density at radius 1 is 0.952 bits per heavy atom. The molecular weight excluding hydrogens is 259 g/mol. The second kappa shape index (κ2) is 6.50. The molecule has 0 saturated heterocycles. The fourth-order valence-electron chi connectivity index (χ4n) is 4.71. The molecule has 1 aromatic rings. The molecule has 2 bridgehead atoms. The van der Waals surface area contributed by atoms with Crippen molar-refractivity contribution in [3.05, 3.63) is 35.1 Å². The van der Waals surface area contributed by atoms with Crippen molar-refractivity contribution in [3.63, 3.8) is 0 Å². The van der Waals surface area contributed by atoms with Crippen LogP contribution >= 0.6 is 0 Å². The minimum Gasteiger partial charge on any atom is -0.207 e. The summed E-state index contributed by atoms with van der Waals surface area (Å²) in [7, 11) is 0. The van der Waals surface area contributed by atoms with Crippen LogP contribution in [-0.2, 0) is 6.42 Å². The molecule has 0 aromatic heterocycles. The summed E-state index contributed by atoms with van der Waals surface area (Å²) < 4.78 is 14.3. The Hall–Kier alpha value is -0.850. The van der Waals surface area contributed by atoms with E-state index >= 15 is 0 Å². The highest BCUT2D eigenvalue weighted by Crippen LogP contribution is 2.45. The molecule has 0 N–H and O–H groups in total. The average molecular weight is 288 g/mol. The number of hydrogen-bond donors (Lipinski definition) is 0.